The van der Waals surface area contributed by atoms with Crippen molar-refractivity contribution in [2.45, 2.75) is 33.1 Å². The second-order valence-corrected chi connectivity index (χ2v) is 10.3. The van der Waals surface area contributed by atoms with E-state index in [1.807, 2.05) is 85.5 Å². The molecule has 0 aliphatic carbocycles. The molecule has 6 rings (SSSR count). The quantitative estimate of drug-likeness (QED) is 0.237. The molecule has 2 aromatic carbocycles. The minimum Gasteiger partial charge on any atom is -0.358 e. The van der Waals surface area contributed by atoms with E-state index in [1.165, 1.54) is 0 Å². The Morgan fingerprint density at radius 3 is 2.76 bits per heavy atom. The van der Waals surface area contributed by atoms with E-state index in [2.05, 4.69) is 20.7 Å². The Bertz CT molecular complexity index is 1550. The van der Waals surface area contributed by atoms with Crippen molar-refractivity contribution < 1.29 is 9.59 Å². The van der Waals surface area contributed by atoms with Gasteiger partial charge in [0.25, 0.3) is 5.91 Å². The maximum absolute atomic E-state index is 13.2. The fraction of sp³-hybridized carbons (Fsp3) is 0.258. The van der Waals surface area contributed by atoms with Crippen LogP contribution < -0.4 is 10.6 Å². The molecule has 0 saturated carbocycles. The maximum atomic E-state index is 13.2. The van der Waals surface area contributed by atoms with Gasteiger partial charge in [-0.15, -0.1) is 0 Å². The number of fused-ring (bicyclic) bond motifs is 1. The zero-order valence-corrected chi connectivity index (χ0v) is 21.7. The molecule has 1 atom stereocenters. The van der Waals surface area contributed by atoms with E-state index in [0.29, 0.717) is 17.9 Å². The van der Waals surface area contributed by atoms with Crippen molar-refractivity contribution in [1.82, 2.24) is 20.1 Å². The maximum Gasteiger partial charge on any atom is 0.256 e. The third kappa shape index (κ3) is 4.50. The highest BCUT2D eigenvalue weighted by molar-refractivity contribution is 6.35. The molecule has 2 aliphatic heterocycles. The molecular formula is C31H31N5O2. The van der Waals surface area contributed by atoms with Crippen LogP contribution in [0.5, 0.6) is 0 Å². The number of Topliss-reactive ketones (excluding diaryl/α,β-unsaturated/α-hetero) is 1. The first-order chi connectivity index (χ1) is 18.5. The average Bonchev–Trinajstić information content (AvgIpc) is 3.61. The van der Waals surface area contributed by atoms with Gasteiger partial charge >= 0.3 is 0 Å². The van der Waals surface area contributed by atoms with E-state index in [1.54, 1.807) is 0 Å². The van der Waals surface area contributed by atoms with Crippen LogP contribution in [-0.4, -0.2) is 39.5 Å². The van der Waals surface area contributed by atoms with E-state index < -0.39 is 0 Å². The Hall–Kier alpha value is -4.23. The summed E-state index contributed by atoms with van der Waals surface area (Å²) in [6, 6.07) is 15.9. The number of hydrogen-bond acceptors (Lipinski definition) is 4. The second-order valence-electron chi connectivity index (χ2n) is 10.3. The molecule has 0 spiro atoms. The van der Waals surface area contributed by atoms with E-state index in [9.17, 15) is 9.59 Å². The Balaban J connectivity index is 1.30. The summed E-state index contributed by atoms with van der Waals surface area (Å²) in [5.74, 6) is 0.400. The van der Waals surface area contributed by atoms with Gasteiger partial charge in [0.1, 0.15) is 0 Å². The lowest BCUT2D eigenvalue weighted by atomic mass is 9.90. The van der Waals surface area contributed by atoms with Crippen LogP contribution >= 0.6 is 0 Å². The summed E-state index contributed by atoms with van der Waals surface area (Å²) in [6.45, 7) is 5.83. The summed E-state index contributed by atoms with van der Waals surface area (Å²) in [5.41, 5.74) is 8.43. The van der Waals surface area contributed by atoms with Crippen LogP contribution in [0.25, 0.3) is 28.5 Å². The smallest absolute Gasteiger partial charge is 0.256 e. The van der Waals surface area contributed by atoms with E-state index >= 15 is 0 Å². The highest BCUT2D eigenvalue weighted by atomic mass is 16.2. The van der Waals surface area contributed by atoms with E-state index in [-0.39, 0.29) is 11.7 Å². The molecule has 4 heterocycles. The lowest BCUT2D eigenvalue weighted by molar-refractivity contribution is -0.110. The number of carbonyl (C=O) groups is 2. The number of amides is 1. The first-order valence-corrected chi connectivity index (χ1v) is 13.2. The summed E-state index contributed by atoms with van der Waals surface area (Å²) >= 11 is 0. The van der Waals surface area contributed by atoms with Gasteiger partial charge in [0, 0.05) is 46.4 Å². The topological polar surface area (TPSA) is 91.8 Å². The number of hydrogen-bond donors (Lipinski definition) is 3. The summed E-state index contributed by atoms with van der Waals surface area (Å²) in [7, 11) is 0. The summed E-state index contributed by atoms with van der Waals surface area (Å²) in [6.07, 6.45) is 8.44. The predicted molar refractivity (Wildman–Crippen MR) is 150 cm³/mol. The average molecular weight is 506 g/mol. The first-order valence-electron chi connectivity index (χ1n) is 13.2. The Labute approximate surface area is 222 Å². The van der Waals surface area contributed by atoms with Gasteiger partial charge in [-0.05, 0) is 87.2 Å². The minimum absolute atomic E-state index is 0.148. The lowest BCUT2D eigenvalue weighted by Crippen LogP contribution is -2.31. The van der Waals surface area contributed by atoms with Gasteiger partial charge in [-0.25, -0.2) is 4.68 Å². The van der Waals surface area contributed by atoms with E-state index in [0.717, 1.165) is 76.5 Å². The SMILES string of the molecule is Cc1[nH]c(/C=C2\C(=O)Nc3ccc(-c4cnn(-c5ccccc5)c4)cc32)c(C)c1C(=O)C[C@@H]1CCCNC1. The highest BCUT2D eigenvalue weighted by Gasteiger charge is 2.27. The zero-order chi connectivity index (χ0) is 26.2. The Morgan fingerprint density at radius 2 is 1.97 bits per heavy atom. The monoisotopic (exact) mass is 505 g/mol. The summed E-state index contributed by atoms with van der Waals surface area (Å²) < 4.78 is 1.84. The molecule has 0 bridgehead atoms. The standard InChI is InChI=1S/C31H31N5O2/c1-19-28(34-20(2)30(19)29(37)13-21-7-6-12-32-16-21)15-26-25-14-22(10-11-27(25)35-31(26)38)23-17-33-36(18-23)24-8-4-3-5-9-24/h3-5,8-11,14-15,17-18,21,32,34H,6-7,12-13,16H2,1-2H3,(H,35,38)/b26-15-/t21-/m0/s1. The molecule has 2 aromatic heterocycles. The fourth-order valence-corrected chi connectivity index (χ4v) is 5.65. The summed E-state index contributed by atoms with van der Waals surface area (Å²) in [4.78, 5) is 29.6. The van der Waals surface area contributed by atoms with Gasteiger partial charge in [-0.1, -0.05) is 24.3 Å². The van der Waals surface area contributed by atoms with Crippen molar-refractivity contribution in [1.29, 1.82) is 0 Å². The molecule has 3 N–H and O–H groups in total. The minimum atomic E-state index is -0.148. The number of rotatable bonds is 6. The van der Waals surface area contributed by atoms with Gasteiger partial charge in [-0.2, -0.15) is 5.10 Å². The number of aryl methyl sites for hydroxylation is 1. The molecule has 192 valence electrons. The number of carbonyl (C=O) groups excluding carboxylic acids is 2. The number of H-pyrrole nitrogens is 1. The largest absolute Gasteiger partial charge is 0.358 e. The molecular weight excluding hydrogens is 474 g/mol. The number of para-hydroxylation sites is 1. The number of ketones is 1. The molecule has 1 saturated heterocycles. The molecule has 1 amide bonds. The molecule has 38 heavy (non-hydrogen) atoms. The van der Waals surface area contributed by atoms with Crippen LogP contribution in [0.3, 0.4) is 0 Å². The van der Waals surface area contributed by atoms with E-state index in [4.69, 9.17) is 0 Å². The number of aromatic nitrogens is 3. The number of nitrogens with one attached hydrogen (secondary N) is 3. The first kappa shape index (κ1) is 24.1. The Morgan fingerprint density at radius 1 is 1.13 bits per heavy atom. The lowest BCUT2D eigenvalue weighted by Gasteiger charge is -2.22. The number of aromatic amines is 1. The molecule has 0 radical (unpaired) electrons. The van der Waals surface area contributed by atoms with Crippen LogP contribution in [0.2, 0.25) is 0 Å². The molecule has 4 aromatic rings. The van der Waals surface area contributed by atoms with Crippen molar-refractivity contribution in [2.24, 2.45) is 5.92 Å². The highest BCUT2D eigenvalue weighted by Crippen LogP contribution is 2.37. The van der Waals surface area contributed by atoms with Crippen molar-refractivity contribution >= 4 is 29.0 Å². The van der Waals surface area contributed by atoms with Crippen molar-refractivity contribution in [2.75, 3.05) is 18.4 Å². The van der Waals surface area contributed by atoms with Gasteiger partial charge in [0.15, 0.2) is 5.78 Å². The van der Waals surface area contributed by atoms with Gasteiger partial charge < -0.3 is 15.6 Å². The number of nitrogens with zero attached hydrogens (tertiary/aromatic N) is 2. The van der Waals surface area contributed by atoms with Gasteiger partial charge in [-0.3, -0.25) is 9.59 Å². The second kappa shape index (κ2) is 9.91. The third-order valence-electron chi connectivity index (χ3n) is 7.66. The molecule has 7 nitrogen and oxygen atoms in total. The summed E-state index contributed by atoms with van der Waals surface area (Å²) in [5, 5.41) is 10.9. The number of piperidine rings is 1. The van der Waals surface area contributed by atoms with Gasteiger partial charge in [0.05, 0.1) is 17.5 Å². The van der Waals surface area contributed by atoms with Crippen LogP contribution in [0.1, 0.15) is 52.1 Å². The van der Waals surface area contributed by atoms with Crippen molar-refractivity contribution in [3.05, 3.63) is 89.0 Å². The normalized spacial score (nSPS) is 18.0. The zero-order valence-electron chi connectivity index (χ0n) is 21.7. The molecule has 0 unspecified atom stereocenters. The third-order valence-corrected chi connectivity index (χ3v) is 7.66. The molecule has 7 heteroatoms. The molecule has 2 aliphatic rings. The van der Waals surface area contributed by atoms with Gasteiger partial charge in [0.2, 0.25) is 0 Å². The fourth-order valence-electron chi connectivity index (χ4n) is 5.65. The number of benzene rings is 2. The van der Waals surface area contributed by atoms with Crippen LogP contribution in [0.15, 0.2) is 60.9 Å². The Kier molecular flexibility index (Phi) is 6.29. The van der Waals surface area contributed by atoms with Crippen molar-refractivity contribution in [3.8, 4) is 16.8 Å². The predicted octanol–water partition coefficient (Wildman–Crippen LogP) is 5.55. The van der Waals surface area contributed by atoms with Crippen LogP contribution in [0, 0.1) is 19.8 Å². The molecule has 1 fully saturated rings. The van der Waals surface area contributed by atoms with Crippen LogP contribution in [-0.2, 0) is 4.79 Å². The van der Waals surface area contributed by atoms with Crippen LogP contribution in [0.4, 0.5) is 5.69 Å². The van der Waals surface area contributed by atoms with Crippen molar-refractivity contribution in [3.63, 3.8) is 0 Å². The number of anilines is 1.